The smallest absolute Gasteiger partial charge is 0.224 e. The average Bonchev–Trinajstić information content (AvgIpc) is 2.29. The zero-order valence-corrected chi connectivity index (χ0v) is 10.8. The fourth-order valence-electron chi connectivity index (χ4n) is 1.55. The van der Waals surface area contributed by atoms with Crippen LogP contribution >= 0.6 is 0 Å². The number of rotatable bonds is 6. The van der Waals surface area contributed by atoms with Gasteiger partial charge in [0.1, 0.15) is 0 Å². The molecule has 0 saturated heterocycles. The number of aromatic hydroxyl groups is 2. The van der Waals surface area contributed by atoms with E-state index in [1.807, 2.05) is 14.1 Å². The molecule has 100 valence electrons. The summed E-state index contributed by atoms with van der Waals surface area (Å²) in [5.41, 5.74) is 0.676. The highest BCUT2D eigenvalue weighted by Crippen LogP contribution is 2.24. The standard InChI is InChI=1S/C13H20N2O3/c1-15(2)7-3-6-14-13(18)9-10-4-5-11(16)12(17)8-10/h4-5,8,16-17H,3,6-7,9H2,1-2H3,(H,14,18). The predicted molar refractivity (Wildman–Crippen MR) is 69.7 cm³/mol. The first-order chi connectivity index (χ1) is 8.49. The van der Waals surface area contributed by atoms with Gasteiger partial charge in [0.25, 0.3) is 0 Å². The molecule has 18 heavy (non-hydrogen) atoms. The summed E-state index contributed by atoms with van der Waals surface area (Å²) in [6.07, 6.45) is 1.11. The summed E-state index contributed by atoms with van der Waals surface area (Å²) in [6, 6.07) is 4.40. The van der Waals surface area contributed by atoms with E-state index >= 15 is 0 Å². The van der Waals surface area contributed by atoms with Crippen LogP contribution in [0.3, 0.4) is 0 Å². The Balaban J connectivity index is 2.33. The molecule has 1 aromatic rings. The summed E-state index contributed by atoms with van der Waals surface area (Å²) in [6.45, 7) is 1.57. The molecule has 0 aliphatic rings. The van der Waals surface area contributed by atoms with E-state index in [2.05, 4.69) is 10.2 Å². The van der Waals surface area contributed by atoms with Gasteiger partial charge in [0, 0.05) is 6.54 Å². The topological polar surface area (TPSA) is 72.8 Å². The maximum atomic E-state index is 11.6. The molecule has 0 aromatic heterocycles. The van der Waals surface area contributed by atoms with E-state index in [0.717, 1.165) is 13.0 Å². The molecule has 0 spiro atoms. The van der Waals surface area contributed by atoms with E-state index in [9.17, 15) is 9.90 Å². The summed E-state index contributed by atoms with van der Waals surface area (Å²) in [5.74, 6) is -0.461. The molecular formula is C13H20N2O3. The Kier molecular flexibility index (Phi) is 5.45. The van der Waals surface area contributed by atoms with Gasteiger partial charge in [0.05, 0.1) is 6.42 Å². The van der Waals surface area contributed by atoms with Gasteiger partial charge in [-0.25, -0.2) is 0 Å². The number of carbonyl (C=O) groups is 1. The fraction of sp³-hybridized carbons (Fsp3) is 0.462. The quantitative estimate of drug-likeness (QED) is 0.515. The van der Waals surface area contributed by atoms with Crippen LogP contribution in [0.4, 0.5) is 0 Å². The Morgan fingerprint density at radius 1 is 1.28 bits per heavy atom. The number of hydrogen-bond acceptors (Lipinski definition) is 4. The summed E-state index contributed by atoms with van der Waals surface area (Å²) >= 11 is 0. The number of nitrogens with one attached hydrogen (secondary N) is 1. The van der Waals surface area contributed by atoms with E-state index in [4.69, 9.17) is 5.11 Å². The maximum absolute atomic E-state index is 11.6. The molecule has 0 fully saturated rings. The number of phenols is 2. The van der Waals surface area contributed by atoms with E-state index in [-0.39, 0.29) is 23.8 Å². The lowest BCUT2D eigenvalue weighted by Crippen LogP contribution is -2.28. The molecule has 5 nitrogen and oxygen atoms in total. The van der Waals surface area contributed by atoms with Gasteiger partial charge in [-0.2, -0.15) is 0 Å². The first-order valence-corrected chi connectivity index (χ1v) is 5.91. The van der Waals surface area contributed by atoms with Crippen LogP contribution < -0.4 is 5.32 Å². The molecule has 0 radical (unpaired) electrons. The first-order valence-electron chi connectivity index (χ1n) is 5.91. The van der Waals surface area contributed by atoms with Gasteiger partial charge in [-0.1, -0.05) is 6.07 Å². The van der Waals surface area contributed by atoms with E-state index in [1.165, 1.54) is 12.1 Å². The second kappa shape index (κ2) is 6.86. The number of amides is 1. The second-order valence-corrected chi connectivity index (χ2v) is 4.51. The molecule has 0 aliphatic carbocycles. The lowest BCUT2D eigenvalue weighted by atomic mass is 10.1. The van der Waals surface area contributed by atoms with Crippen LogP contribution in [0.15, 0.2) is 18.2 Å². The third-order valence-electron chi connectivity index (χ3n) is 2.51. The van der Waals surface area contributed by atoms with Crippen molar-refractivity contribution >= 4 is 5.91 Å². The molecule has 0 saturated carbocycles. The van der Waals surface area contributed by atoms with Gasteiger partial charge in [-0.15, -0.1) is 0 Å². The summed E-state index contributed by atoms with van der Waals surface area (Å²) in [4.78, 5) is 13.6. The van der Waals surface area contributed by atoms with Crippen LogP contribution in [0.5, 0.6) is 11.5 Å². The van der Waals surface area contributed by atoms with E-state index < -0.39 is 0 Å². The fourth-order valence-corrected chi connectivity index (χ4v) is 1.55. The van der Waals surface area contributed by atoms with E-state index in [1.54, 1.807) is 6.07 Å². The van der Waals surface area contributed by atoms with Gasteiger partial charge >= 0.3 is 0 Å². The van der Waals surface area contributed by atoms with Crippen molar-refractivity contribution in [3.8, 4) is 11.5 Å². The normalized spacial score (nSPS) is 10.6. The number of benzene rings is 1. The number of phenolic OH excluding ortho intramolecular Hbond substituents is 2. The van der Waals surface area contributed by atoms with Gasteiger partial charge in [-0.3, -0.25) is 4.79 Å². The number of hydrogen-bond donors (Lipinski definition) is 3. The molecule has 0 atom stereocenters. The van der Waals surface area contributed by atoms with Crippen LogP contribution in [-0.4, -0.2) is 48.2 Å². The minimum absolute atomic E-state index is 0.0844. The zero-order chi connectivity index (χ0) is 13.5. The van der Waals surface area contributed by atoms with Crippen LogP contribution in [0.2, 0.25) is 0 Å². The van der Waals surface area contributed by atoms with Crippen molar-refractivity contribution in [1.82, 2.24) is 10.2 Å². The van der Waals surface area contributed by atoms with Gasteiger partial charge in [0.2, 0.25) is 5.91 Å². The van der Waals surface area contributed by atoms with Crippen LogP contribution in [0.25, 0.3) is 0 Å². The van der Waals surface area contributed by atoms with Crippen molar-refractivity contribution in [2.75, 3.05) is 27.2 Å². The second-order valence-electron chi connectivity index (χ2n) is 4.51. The molecule has 5 heteroatoms. The molecule has 0 aliphatic heterocycles. The van der Waals surface area contributed by atoms with Crippen molar-refractivity contribution in [3.63, 3.8) is 0 Å². The highest BCUT2D eigenvalue weighted by molar-refractivity contribution is 5.78. The van der Waals surface area contributed by atoms with Crippen LogP contribution in [-0.2, 0) is 11.2 Å². The molecule has 3 N–H and O–H groups in total. The molecule has 1 rings (SSSR count). The first kappa shape index (κ1) is 14.3. The van der Waals surface area contributed by atoms with Crippen molar-refractivity contribution in [2.24, 2.45) is 0 Å². The lowest BCUT2D eigenvalue weighted by molar-refractivity contribution is -0.120. The lowest BCUT2D eigenvalue weighted by Gasteiger charge is -2.10. The van der Waals surface area contributed by atoms with Gasteiger partial charge in [-0.05, 0) is 44.8 Å². The molecule has 0 heterocycles. The summed E-state index contributed by atoms with van der Waals surface area (Å²) in [5, 5.41) is 21.3. The van der Waals surface area contributed by atoms with E-state index in [0.29, 0.717) is 12.1 Å². The highest BCUT2D eigenvalue weighted by Gasteiger charge is 2.05. The maximum Gasteiger partial charge on any atom is 0.224 e. The zero-order valence-electron chi connectivity index (χ0n) is 10.8. The Labute approximate surface area is 107 Å². The number of nitrogens with zero attached hydrogens (tertiary/aromatic N) is 1. The third-order valence-corrected chi connectivity index (χ3v) is 2.51. The summed E-state index contributed by atoms with van der Waals surface area (Å²) < 4.78 is 0. The highest BCUT2D eigenvalue weighted by atomic mass is 16.3. The van der Waals surface area contributed by atoms with Crippen molar-refractivity contribution < 1.29 is 15.0 Å². The monoisotopic (exact) mass is 252 g/mol. The average molecular weight is 252 g/mol. The minimum Gasteiger partial charge on any atom is -0.504 e. The molecule has 0 unspecified atom stereocenters. The van der Waals surface area contributed by atoms with Crippen molar-refractivity contribution in [1.29, 1.82) is 0 Å². The molecular weight excluding hydrogens is 232 g/mol. The molecule has 0 bridgehead atoms. The Hall–Kier alpha value is -1.75. The minimum atomic E-state index is -0.201. The predicted octanol–water partition coefficient (Wildman–Crippen LogP) is 0.708. The summed E-state index contributed by atoms with van der Waals surface area (Å²) in [7, 11) is 3.97. The SMILES string of the molecule is CN(C)CCCNC(=O)Cc1ccc(O)c(O)c1. The third kappa shape index (κ3) is 5.05. The largest absolute Gasteiger partial charge is 0.504 e. The molecule has 1 amide bonds. The van der Waals surface area contributed by atoms with Gasteiger partial charge in [0.15, 0.2) is 11.5 Å². The Bertz CT molecular complexity index is 405. The van der Waals surface area contributed by atoms with Crippen LogP contribution in [0.1, 0.15) is 12.0 Å². The number of carbonyl (C=O) groups excluding carboxylic acids is 1. The Morgan fingerprint density at radius 2 is 2.00 bits per heavy atom. The van der Waals surface area contributed by atoms with Gasteiger partial charge < -0.3 is 20.4 Å². The molecule has 1 aromatic carbocycles. The van der Waals surface area contributed by atoms with Crippen molar-refractivity contribution in [3.05, 3.63) is 23.8 Å². The van der Waals surface area contributed by atoms with Crippen LogP contribution in [0, 0.1) is 0 Å². The Morgan fingerprint density at radius 3 is 2.61 bits per heavy atom. The van der Waals surface area contributed by atoms with Crippen molar-refractivity contribution in [2.45, 2.75) is 12.8 Å².